The van der Waals surface area contributed by atoms with Crippen molar-refractivity contribution in [3.63, 3.8) is 0 Å². The van der Waals surface area contributed by atoms with Crippen LogP contribution in [-0.2, 0) is 14.3 Å². The SMILES string of the molecule is CC(C)(C)OC(=O)NC(CCCC(=O)O)CCCC(=O)O. The molecule has 0 fully saturated rings. The van der Waals surface area contributed by atoms with Crippen LogP contribution in [0.2, 0.25) is 0 Å². The van der Waals surface area contributed by atoms with E-state index in [9.17, 15) is 14.4 Å². The summed E-state index contributed by atoms with van der Waals surface area (Å²) in [7, 11) is 0. The average molecular weight is 303 g/mol. The van der Waals surface area contributed by atoms with Gasteiger partial charge in [-0.3, -0.25) is 9.59 Å². The lowest BCUT2D eigenvalue weighted by Crippen LogP contribution is -2.39. The van der Waals surface area contributed by atoms with Crippen LogP contribution >= 0.6 is 0 Å². The Morgan fingerprint density at radius 3 is 1.76 bits per heavy atom. The standard InChI is InChI=1S/C14H25NO6/c1-14(2,3)21-13(20)15-10(6-4-8-11(16)17)7-5-9-12(18)19/h10H,4-9H2,1-3H3,(H,15,20)(H,16,17)(H,18,19). The lowest BCUT2D eigenvalue weighted by atomic mass is 10.0. The predicted octanol–water partition coefficient (Wildman–Crippen LogP) is 2.39. The Balaban J connectivity index is 4.31. The number of aliphatic carboxylic acids is 2. The van der Waals surface area contributed by atoms with Gasteiger partial charge >= 0.3 is 18.0 Å². The number of amides is 1. The van der Waals surface area contributed by atoms with Gasteiger partial charge in [0.25, 0.3) is 0 Å². The van der Waals surface area contributed by atoms with Gasteiger partial charge in [0.15, 0.2) is 0 Å². The highest BCUT2D eigenvalue weighted by Gasteiger charge is 2.19. The molecule has 0 aromatic carbocycles. The van der Waals surface area contributed by atoms with E-state index in [0.717, 1.165) is 0 Å². The van der Waals surface area contributed by atoms with Crippen molar-refractivity contribution in [1.29, 1.82) is 0 Å². The third-order valence-corrected chi connectivity index (χ3v) is 2.61. The summed E-state index contributed by atoms with van der Waals surface area (Å²) < 4.78 is 5.14. The van der Waals surface area contributed by atoms with Gasteiger partial charge in [0, 0.05) is 18.9 Å². The second kappa shape index (κ2) is 9.20. The second-order valence-corrected chi connectivity index (χ2v) is 5.92. The van der Waals surface area contributed by atoms with Gasteiger partial charge < -0.3 is 20.3 Å². The molecule has 0 saturated carbocycles. The second-order valence-electron chi connectivity index (χ2n) is 5.92. The van der Waals surface area contributed by atoms with Crippen LogP contribution in [0.1, 0.15) is 59.3 Å². The fourth-order valence-electron chi connectivity index (χ4n) is 1.76. The van der Waals surface area contributed by atoms with Crippen LogP contribution < -0.4 is 5.32 Å². The number of hydrogen-bond acceptors (Lipinski definition) is 4. The minimum atomic E-state index is -0.892. The summed E-state index contributed by atoms with van der Waals surface area (Å²) in [4.78, 5) is 32.7. The minimum absolute atomic E-state index is 0.0193. The maximum absolute atomic E-state index is 11.7. The molecule has 0 bridgehead atoms. The molecule has 3 N–H and O–H groups in total. The van der Waals surface area contributed by atoms with E-state index in [1.165, 1.54) is 0 Å². The maximum atomic E-state index is 11.7. The predicted molar refractivity (Wildman–Crippen MR) is 76.1 cm³/mol. The topological polar surface area (TPSA) is 113 Å². The first kappa shape index (κ1) is 19.2. The zero-order valence-corrected chi connectivity index (χ0v) is 12.8. The monoisotopic (exact) mass is 303 g/mol. The Hall–Kier alpha value is -1.79. The van der Waals surface area contributed by atoms with E-state index in [1.54, 1.807) is 20.8 Å². The molecule has 122 valence electrons. The molecule has 0 spiro atoms. The molecule has 0 aliphatic rings. The lowest BCUT2D eigenvalue weighted by Gasteiger charge is -2.23. The molecule has 0 saturated heterocycles. The van der Waals surface area contributed by atoms with Gasteiger partial charge in [-0.05, 0) is 46.5 Å². The largest absolute Gasteiger partial charge is 0.481 e. The van der Waals surface area contributed by atoms with Crippen molar-refractivity contribution in [2.24, 2.45) is 0 Å². The number of ether oxygens (including phenoxy) is 1. The van der Waals surface area contributed by atoms with Gasteiger partial charge in [-0.1, -0.05) is 0 Å². The molecule has 21 heavy (non-hydrogen) atoms. The van der Waals surface area contributed by atoms with Crippen LogP contribution in [0.4, 0.5) is 4.79 Å². The lowest BCUT2D eigenvalue weighted by molar-refractivity contribution is -0.138. The Morgan fingerprint density at radius 2 is 1.43 bits per heavy atom. The highest BCUT2D eigenvalue weighted by Crippen LogP contribution is 2.12. The van der Waals surface area contributed by atoms with E-state index >= 15 is 0 Å². The van der Waals surface area contributed by atoms with Gasteiger partial charge in [-0.25, -0.2) is 4.79 Å². The summed E-state index contributed by atoms with van der Waals surface area (Å²) in [5.74, 6) is -1.78. The molecule has 0 aliphatic carbocycles. The van der Waals surface area contributed by atoms with Crippen molar-refractivity contribution < 1.29 is 29.3 Å². The molecular weight excluding hydrogens is 278 g/mol. The number of rotatable bonds is 9. The molecule has 7 nitrogen and oxygen atoms in total. The summed E-state index contributed by atoms with van der Waals surface area (Å²) in [6.45, 7) is 5.24. The van der Waals surface area contributed by atoms with Crippen molar-refractivity contribution in [3.05, 3.63) is 0 Å². The van der Waals surface area contributed by atoms with E-state index in [4.69, 9.17) is 14.9 Å². The third kappa shape index (κ3) is 13.0. The van der Waals surface area contributed by atoms with E-state index in [2.05, 4.69) is 5.32 Å². The molecule has 0 heterocycles. The number of hydrogen-bond donors (Lipinski definition) is 3. The van der Waals surface area contributed by atoms with Crippen LogP contribution in [0.15, 0.2) is 0 Å². The molecule has 0 radical (unpaired) electrons. The van der Waals surface area contributed by atoms with E-state index in [0.29, 0.717) is 25.7 Å². The van der Waals surface area contributed by atoms with Gasteiger partial charge in [0.2, 0.25) is 0 Å². The third-order valence-electron chi connectivity index (χ3n) is 2.61. The summed E-state index contributed by atoms with van der Waals surface area (Å²) in [5, 5.41) is 19.9. The van der Waals surface area contributed by atoms with Gasteiger partial charge in [0.05, 0.1) is 0 Å². The first-order chi connectivity index (χ1) is 9.60. The Kier molecular flexibility index (Phi) is 8.42. The minimum Gasteiger partial charge on any atom is -0.481 e. The summed E-state index contributed by atoms with van der Waals surface area (Å²) >= 11 is 0. The smallest absolute Gasteiger partial charge is 0.407 e. The molecular formula is C14H25NO6. The zero-order chi connectivity index (χ0) is 16.5. The normalized spacial score (nSPS) is 11.2. The highest BCUT2D eigenvalue weighted by molar-refractivity contribution is 5.68. The Morgan fingerprint density at radius 1 is 1.00 bits per heavy atom. The van der Waals surface area contributed by atoms with Crippen molar-refractivity contribution in [2.75, 3.05) is 0 Å². The first-order valence-corrected chi connectivity index (χ1v) is 7.03. The fourth-order valence-corrected chi connectivity index (χ4v) is 1.76. The highest BCUT2D eigenvalue weighted by atomic mass is 16.6. The summed E-state index contributed by atoms with van der Waals surface area (Å²) in [6, 6.07) is -0.279. The Bertz CT molecular complexity index is 341. The summed E-state index contributed by atoms with van der Waals surface area (Å²) in [6.07, 6.45) is 1.26. The first-order valence-electron chi connectivity index (χ1n) is 7.03. The average Bonchev–Trinajstić information content (AvgIpc) is 2.24. The molecule has 0 rings (SSSR count). The maximum Gasteiger partial charge on any atom is 0.407 e. The number of carboxylic acids is 2. The van der Waals surface area contributed by atoms with Gasteiger partial charge in [-0.2, -0.15) is 0 Å². The van der Waals surface area contributed by atoms with Crippen molar-refractivity contribution in [3.8, 4) is 0 Å². The Labute approximate surface area is 124 Å². The molecule has 1 amide bonds. The van der Waals surface area contributed by atoms with Gasteiger partial charge in [0.1, 0.15) is 5.60 Å². The zero-order valence-electron chi connectivity index (χ0n) is 12.8. The van der Waals surface area contributed by atoms with Crippen molar-refractivity contribution >= 4 is 18.0 Å². The molecule has 0 unspecified atom stereocenters. The van der Waals surface area contributed by atoms with Crippen LogP contribution in [0.25, 0.3) is 0 Å². The van der Waals surface area contributed by atoms with Gasteiger partial charge in [-0.15, -0.1) is 0 Å². The number of carbonyl (C=O) groups is 3. The molecule has 0 aliphatic heterocycles. The molecule has 0 aromatic heterocycles. The number of carboxylic acid groups (broad SMARTS) is 2. The number of carbonyl (C=O) groups excluding carboxylic acids is 1. The fraction of sp³-hybridized carbons (Fsp3) is 0.786. The van der Waals surface area contributed by atoms with Crippen molar-refractivity contribution in [1.82, 2.24) is 5.32 Å². The molecule has 7 heteroatoms. The molecule has 0 aromatic rings. The van der Waals surface area contributed by atoms with Crippen molar-refractivity contribution in [2.45, 2.75) is 70.9 Å². The quantitative estimate of drug-likeness (QED) is 0.602. The summed E-state index contributed by atoms with van der Waals surface area (Å²) in [5.41, 5.74) is -0.614. The van der Waals surface area contributed by atoms with Crippen LogP contribution in [0.5, 0.6) is 0 Å². The number of nitrogens with one attached hydrogen (secondary N) is 1. The van der Waals surface area contributed by atoms with Crippen LogP contribution in [0, 0.1) is 0 Å². The molecule has 0 atom stereocenters. The van der Waals surface area contributed by atoms with Crippen LogP contribution in [-0.4, -0.2) is 39.9 Å². The van der Waals surface area contributed by atoms with E-state index < -0.39 is 23.6 Å². The van der Waals surface area contributed by atoms with Crippen LogP contribution in [0.3, 0.4) is 0 Å². The van der Waals surface area contributed by atoms with E-state index in [1.807, 2.05) is 0 Å². The van der Waals surface area contributed by atoms with E-state index in [-0.39, 0.29) is 18.9 Å². The number of alkyl carbamates (subject to hydrolysis) is 1.